The van der Waals surface area contributed by atoms with Crippen LogP contribution < -0.4 is 10.2 Å². The molecule has 1 saturated heterocycles. The molecule has 1 aliphatic rings. The quantitative estimate of drug-likeness (QED) is 0.814. The standard InChI is InChI=1S/C20H22ClN3O3/c1-14-3-6-16(13-18(14)21)22-20(26)24-11-9-23(10-12-24)17-7-4-15(5-8-17)19(25)27-2/h3-8,13H,9-12H2,1-2H3,(H,22,26). The van der Waals surface area contributed by atoms with E-state index in [2.05, 4.69) is 10.2 Å². The van der Waals surface area contributed by atoms with Gasteiger partial charge >= 0.3 is 12.0 Å². The highest BCUT2D eigenvalue weighted by Gasteiger charge is 2.21. The van der Waals surface area contributed by atoms with Crippen molar-refractivity contribution in [2.24, 2.45) is 0 Å². The summed E-state index contributed by atoms with van der Waals surface area (Å²) in [5.74, 6) is -0.348. The number of carbonyl (C=O) groups is 2. The molecule has 27 heavy (non-hydrogen) atoms. The number of esters is 1. The van der Waals surface area contributed by atoms with Gasteiger partial charge in [-0.1, -0.05) is 17.7 Å². The Kier molecular flexibility index (Phi) is 5.86. The number of aryl methyl sites for hydroxylation is 1. The number of anilines is 2. The van der Waals surface area contributed by atoms with Gasteiger partial charge in [-0.05, 0) is 48.9 Å². The number of hydrogen-bond donors (Lipinski definition) is 1. The SMILES string of the molecule is COC(=O)c1ccc(N2CCN(C(=O)Nc3ccc(C)c(Cl)c3)CC2)cc1. The van der Waals surface area contributed by atoms with Gasteiger partial charge in [0.25, 0.3) is 0 Å². The van der Waals surface area contributed by atoms with Crippen LogP contribution in [0.25, 0.3) is 0 Å². The minimum Gasteiger partial charge on any atom is -0.465 e. The summed E-state index contributed by atoms with van der Waals surface area (Å²) >= 11 is 6.11. The third kappa shape index (κ3) is 4.52. The van der Waals surface area contributed by atoms with Crippen LogP contribution in [0.1, 0.15) is 15.9 Å². The number of rotatable bonds is 3. The van der Waals surface area contributed by atoms with Crippen molar-refractivity contribution in [3.63, 3.8) is 0 Å². The Bertz CT molecular complexity index is 831. The first-order valence-electron chi connectivity index (χ1n) is 8.73. The fraction of sp³-hybridized carbons (Fsp3) is 0.300. The van der Waals surface area contributed by atoms with Gasteiger partial charge in [-0.2, -0.15) is 0 Å². The molecular weight excluding hydrogens is 366 g/mol. The molecule has 7 heteroatoms. The molecule has 0 unspecified atom stereocenters. The molecule has 0 aliphatic carbocycles. The highest BCUT2D eigenvalue weighted by atomic mass is 35.5. The maximum Gasteiger partial charge on any atom is 0.337 e. The molecule has 2 aromatic rings. The maximum absolute atomic E-state index is 12.5. The minimum absolute atomic E-state index is 0.129. The molecule has 0 saturated carbocycles. The summed E-state index contributed by atoms with van der Waals surface area (Å²) in [4.78, 5) is 27.9. The van der Waals surface area contributed by atoms with Gasteiger partial charge in [0.1, 0.15) is 0 Å². The van der Waals surface area contributed by atoms with E-state index in [1.165, 1.54) is 7.11 Å². The van der Waals surface area contributed by atoms with E-state index in [9.17, 15) is 9.59 Å². The second-order valence-electron chi connectivity index (χ2n) is 6.41. The second-order valence-corrected chi connectivity index (χ2v) is 6.81. The summed E-state index contributed by atoms with van der Waals surface area (Å²) in [6, 6.07) is 12.7. The Morgan fingerprint density at radius 3 is 2.30 bits per heavy atom. The molecule has 1 fully saturated rings. The molecule has 1 heterocycles. The zero-order valence-electron chi connectivity index (χ0n) is 15.4. The fourth-order valence-electron chi connectivity index (χ4n) is 2.97. The Morgan fingerprint density at radius 1 is 1.04 bits per heavy atom. The van der Waals surface area contributed by atoms with Crippen molar-refractivity contribution in [1.29, 1.82) is 0 Å². The lowest BCUT2D eigenvalue weighted by atomic mass is 10.2. The molecule has 0 radical (unpaired) electrons. The number of carbonyl (C=O) groups excluding carboxylic acids is 2. The molecule has 0 bridgehead atoms. The summed E-state index contributed by atoms with van der Waals surface area (Å²) in [7, 11) is 1.37. The number of methoxy groups -OCH3 is 1. The summed E-state index contributed by atoms with van der Waals surface area (Å²) in [6.07, 6.45) is 0. The lowest BCUT2D eigenvalue weighted by Gasteiger charge is -2.36. The second kappa shape index (κ2) is 8.31. The van der Waals surface area contributed by atoms with Crippen molar-refractivity contribution in [2.45, 2.75) is 6.92 Å². The molecule has 142 valence electrons. The van der Waals surface area contributed by atoms with E-state index in [4.69, 9.17) is 16.3 Å². The Hall–Kier alpha value is -2.73. The van der Waals surface area contributed by atoms with Crippen LogP contribution in [-0.2, 0) is 4.74 Å². The number of urea groups is 1. The molecular formula is C20H22ClN3O3. The topological polar surface area (TPSA) is 61.9 Å². The number of piperazine rings is 1. The minimum atomic E-state index is -0.348. The first-order valence-corrected chi connectivity index (χ1v) is 9.11. The molecule has 1 N–H and O–H groups in total. The smallest absolute Gasteiger partial charge is 0.337 e. The molecule has 0 spiro atoms. The summed E-state index contributed by atoms with van der Waals surface area (Å²) < 4.78 is 4.71. The zero-order chi connectivity index (χ0) is 19.4. The van der Waals surface area contributed by atoms with Crippen LogP contribution in [-0.4, -0.2) is 50.2 Å². The number of benzene rings is 2. The molecule has 6 nitrogen and oxygen atoms in total. The highest BCUT2D eigenvalue weighted by Crippen LogP contribution is 2.21. The van der Waals surface area contributed by atoms with Crippen LogP contribution in [0, 0.1) is 6.92 Å². The van der Waals surface area contributed by atoms with Crippen LogP contribution in [0.3, 0.4) is 0 Å². The van der Waals surface area contributed by atoms with Gasteiger partial charge in [-0.15, -0.1) is 0 Å². The number of halogens is 1. The van der Waals surface area contributed by atoms with Crippen LogP contribution in [0.4, 0.5) is 16.2 Å². The first kappa shape index (κ1) is 19.0. The third-order valence-electron chi connectivity index (χ3n) is 4.64. The van der Waals surface area contributed by atoms with Crippen molar-refractivity contribution in [1.82, 2.24) is 4.90 Å². The largest absolute Gasteiger partial charge is 0.465 e. The van der Waals surface area contributed by atoms with Gasteiger partial charge in [-0.3, -0.25) is 0 Å². The molecule has 1 aliphatic heterocycles. The lowest BCUT2D eigenvalue weighted by Crippen LogP contribution is -2.50. The van der Waals surface area contributed by atoms with E-state index in [1.807, 2.05) is 31.2 Å². The van der Waals surface area contributed by atoms with Gasteiger partial charge in [0.05, 0.1) is 12.7 Å². The normalized spacial score (nSPS) is 14.0. The van der Waals surface area contributed by atoms with E-state index in [1.54, 1.807) is 23.1 Å². The first-order chi connectivity index (χ1) is 13.0. The molecule has 2 aromatic carbocycles. The maximum atomic E-state index is 12.5. The van der Waals surface area contributed by atoms with Crippen LogP contribution in [0.5, 0.6) is 0 Å². The van der Waals surface area contributed by atoms with Crippen LogP contribution in [0.2, 0.25) is 5.02 Å². The van der Waals surface area contributed by atoms with Gasteiger partial charge in [0, 0.05) is 42.6 Å². The molecule has 0 aromatic heterocycles. The number of amides is 2. The summed E-state index contributed by atoms with van der Waals surface area (Å²) in [6.45, 7) is 4.60. The predicted octanol–water partition coefficient (Wildman–Crippen LogP) is 3.79. The zero-order valence-corrected chi connectivity index (χ0v) is 16.1. The Balaban J connectivity index is 1.55. The van der Waals surface area contributed by atoms with Crippen molar-refractivity contribution in [3.05, 3.63) is 58.6 Å². The average molecular weight is 388 g/mol. The van der Waals surface area contributed by atoms with E-state index in [-0.39, 0.29) is 12.0 Å². The molecule has 2 amide bonds. The van der Waals surface area contributed by atoms with Crippen molar-refractivity contribution in [3.8, 4) is 0 Å². The number of nitrogens with zero attached hydrogens (tertiary/aromatic N) is 2. The van der Waals surface area contributed by atoms with Gasteiger partial charge in [-0.25, -0.2) is 9.59 Å². The fourth-order valence-corrected chi connectivity index (χ4v) is 3.15. The third-order valence-corrected chi connectivity index (χ3v) is 5.05. The van der Waals surface area contributed by atoms with Crippen molar-refractivity contribution >= 4 is 35.0 Å². The van der Waals surface area contributed by atoms with Crippen LogP contribution >= 0.6 is 11.6 Å². The number of hydrogen-bond acceptors (Lipinski definition) is 4. The monoisotopic (exact) mass is 387 g/mol. The Morgan fingerprint density at radius 2 is 1.70 bits per heavy atom. The highest BCUT2D eigenvalue weighted by molar-refractivity contribution is 6.31. The summed E-state index contributed by atoms with van der Waals surface area (Å²) in [5, 5.41) is 3.53. The lowest BCUT2D eigenvalue weighted by molar-refractivity contribution is 0.0600. The van der Waals surface area contributed by atoms with Crippen LogP contribution in [0.15, 0.2) is 42.5 Å². The number of ether oxygens (including phenoxy) is 1. The van der Waals surface area contributed by atoms with Gasteiger partial charge < -0.3 is 19.9 Å². The number of nitrogens with one attached hydrogen (secondary N) is 1. The van der Waals surface area contributed by atoms with E-state index in [0.29, 0.717) is 29.4 Å². The summed E-state index contributed by atoms with van der Waals surface area (Å²) in [5.41, 5.74) is 3.21. The average Bonchev–Trinajstić information content (AvgIpc) is 2.70. The van der Waals surface area contributed by atoms with Crippen molar-refractivity contribution < 1.29 is 14.3 Å². The molecule has 0 atom stereocenters. The predicted molar refractivity (Wildman–Crippen MR) is 107 cm³/mol. The van der Waals surface area contributed by atoms with Gasteiger partial charge in [0.15, 0.2) is 0 Å². The van der Waals surface area contributed by atoms with Crippen molar-refractivity contribution in [2.75, 3.05) is 43.5 Å². The van der Waals surface area contributed by atoms with Gasteiger partial charge in [0.2, 0.25) is 0 Å². The van der Waals surface area contributed by atoms with E-state index < -0.39 is 0 Å². The molecule has 3 rings (SSSR count). The van der Waals surface area contributed by atoms with E-state index >= 15 is 0 Å². The Labute approximate surface area is 163 Å². The van der Waals surface area contributed by atoms with E-state index in [0.717, 1.165) is 24.3 Å².